The number of anilines is 1. The fraction of sp³-hybridized carbons (Fsp3) is 0.467. The van der Waals surface area contributed by atoms with Crippen molar-refractivity contribution in [2.75, 3.05) is 18.0 Å². The van der Waals surface area contributed by atoms with Crippen molar-refractivity contribution in [3.8, 4) is 0 Å². The minimum atomic E-state index is -0.882. The number of pyridine rings is 1. The summed E-state index contributed by atoms with van der Waals surface area (Å²) in [7, 11) is 0. The number of nitrogens with zero attached hydrogens (tertiary/aromatic N) is 5. The van der Waals surface area contributed by atoms with Crippen LogP contribution in [0.25, 0.3) is 11.0 Å². The molecule has 0 radical (unpaired) electrons. The number of carboxylic acid groups (broad SMARTS) is 1. The molecule has 0 bridgehead atoms. The number of carbonyl (C=O) groups is 1. The Morgan fingerprint density at radius 3 is 2.91 bits per heavy atom. The molecule has 2 atom stereocenters. The predicted molar refractivity (Wildman–Crippen MR) is 88.0 cm³/mol. The molecule has 0 unspecified atom stereocenters. The predicted octanol–water partition coefficient (Wildman–Crippen LogP) is 2.65. The smallest absolute Gasteiger partial charge is 0.407 e. The summed E-state index contributed by atoms with van der Waals surface area (Å²) in [5.41, 5.74) is 1.37. The molecule has 2 aromatic heterocycles. The van der Waals surface area contributed by atoms with Crippen LogP contribution in [-0.4, -0.2) is 56.2 Å². The maximum atomic E-state index is 11.4. The normalized spacial score (nSPS) is 21.7. The molecule has 122 valence electrons. The van der Waals surface area contributed by atoms with Gasteiger partial charge in [0.2, 0.25) is 5.28 Å². The lowest BCUT2D eigenvalue weighted by Gasteiger charge is -2.44. The Balaban J connectivity index is 2.03. The van der Waals surface area contributed by atoms with Gasteiger partial charge in [-0.1, -0.05) is 6.92 Å². The first-order chi connectivity index (χ1) is 11.0. The van der Waals surface area contributed by atoms with Gasteiger partial charge >= 0.3 is 6.09 Å². The summed E-state index contributed by atoms with van der Waals surface area (Å²) in [6, 6.07) is 3.53. The van der Waals surface area contributed by atoms with Crippen molar-refractivity contribution in [1.29, 1.82) is 0 Å². The maximum Gasteiger partial charge on any atom is 0.407 e. The quantitative estimate of drug-likeness (QED) is 0.849. The van der Waals surface area contributed by atoms with Crippen LogP contribution in [0.2, 0.25) is 5.28 Å². The highest BCUT2D eigenvalue weighted by molar-refractivity contribution is 6.28. The van der Waals surface area contributed by atoms with E-state index in [0.29, 0.717) is 29.9 Å². The Morgan fingerprint density at radius 2 is 2.22 bits per heavy atom. The lowest BCUT2D eigenvalue weighted by Crippen LogP contribution is -2.59. The minimum absolute atomic E-state index is 0.0231. The van der Waals surface area contributed by atoms with E-state index in [1.54, 1.807) is 12.3 Å². The first-order valence-corrected chi connectivity index (χ1v) is 7.93. The van der Waals surface area contributed by atoms with E-state index in [2.05, 4.69) is 19.9 Å². The van der Waals surface area contributed by atoms with Crippen LogP contribution >= 0.6 is 11.6 Å². The standard InChI is InChI=1S/C15H18ClN5O2/c1-3-10-8-20(9(2)7-21(10)15(22)23)13-12-11(5-4-6-17-12)18-14(16)19-13/h4-6,9-10H,3,7-8H2,1-2H3,(H,22,23)/t9-,10+/m0/s1. The van der Waals surface area contributed by atoms with Crippen LogP contribution in [0.3, 0.4) is 0 Å². The average Bonchev–Trinajstić information content (AvgIpc) is 2.53. The highest BCUT2D eigenvalue weighted by atomic mass is 35.5. The molecule has 8 heteroatoms. The maximum absolute atomic E-state index is 11.4. The fourth-order valence-corrected chi connectivity index (χ4v) is 3.21. The zero-order valence-corrected chi connectivity index (χ0v) is 13.7. The van der Waals surface area contributed by atoms with Gasteiger partial charge in [-0.25, -0.2) is 9.78 Å². The third kappa shape index (κ3) is 2.88. The third-order valence-electron chi connectivity index (χ3n) is 4.24. The number of piperazine rings is 1. The summed E-state index contributed by atoms with van der Waals surface area (Å²) in [5.74, 6) is 0.664. The molecule has 3 rings (SSSR count). The first kappa shape index (κ1) is 15.7. The lowest BCUT2D eigenvalue weighted by atomic mass is 10.1. The summed E-state index contributed by atoms with van der Waals surface area (Å²) in [6.45, 7) is 4.94. The Hall–Kier alpha value is -2.15. The van der Waals surface area contributed by atoms with Gasteiger partial charge < -0.3 is 14.9 Å². The Morgan fingerprint density at radius 1 is 1.43 bits per heavy atom. The van der Waals surface area contributed by atoms with Crippen molar-refractivity contribution in [3.05, 3.63) is 23.6 Å². The molecular weight excluding hydrogens is 318 g/mol. The van der Waals surface area contributed by atoms with E-state index in [1.807, 2.05) is 19.9 Å². The average molecular weight is 336 g/mol. The Labute approximate surface area is 138 Å². The van der Waals surface area contributed by atoms with Gasteiger partial charge in [-0.3, -0.25) is 4.98 Å². The SMILES string of the molecule is CC[C@@H]1CN(c2nc(Cl)nc3cccnc23)[C@@H](C)CN1C(=O)O. The molecule has 1 aliphatic heterocycles. The van der Waals surface area contributed by atoms with Crippen molar-refractivity contribution >= 4 is 34.5 Å². The van der Waals surface area contributed by atoms with E-state index in [4.69, 9.17) is 11.6 Å². The molecular formula is C15H18ClN5O2. The van der Waals surface area contributed by atoms with Gasteiger partial charge in [0.05, 0.1) is 11.6 Å². The molecule has 1 aliphatic rings. The topological polar surface area (TPSA) is 82.5 Å². The highest BCUT2D eigenvalue weighted by Gasteiger charge is 2.35. The van der Waals surface area contributed by atoms with Gasteiger partial charge in [-0.15, -0.1) is 0 Å². The largest absolute Gasteiger partial charge is 0.465 e. The van der Waals surface area contributed by atoms with E-state index in [0.717, 1.165) is 6.42 Å². The second-order valence-corrected chi connectivity index (χ2v) is 6.02. The van der Waals surface area contributed by atoms with Crippen molar-refractivity contribution < 1.29 is 9.90 Å². The van der Waals surface area contributed by atoms with Gasteiger partial charge in [0.25, 0.3) is 0 Å². The number of fused-ring (bicyclic) bond motifs is 1. The van der Waals surface area contributed by atoms with Crippen LogP contribution in [0.5, 0.6) is 0 Å². The van der Waals surface area contributed by atoms with Gasteiger partial charge in [-0.05, 0) is 37.1 Å². The van der Waals surface area contributed by atoms with E-state index < -0.39 is 6.09 Å². The lowest BCUT2D eigenvalue weighted by molar-refractivity contribution is 0.108. The van der Waals surface area contributed by atoms with E-state index in [9.17, 15) is 9.90 Å². The molecule has 1 saturated heterocycles. The number of rotatable bonds is 2. The van der Waals surface area contributed by atoms with Crippen LogP contribution < -0.4 is 4.90 Å². The number of hydrogen-bond donors (Lipinski definition) is 1. The van der Waals surface area contributed by atoms with Gasteiger partial charge in [0, 0.05) is 25.3 Å². The monoisotopic (exact) mass is 335 g/mol. The summed E-state index contributed by atoms with van der Waals surface area (Å²) >= 11 is 6.06. The fourth-order valence-electron chi connectivity index (χ4n) is 3.04. The van der Waals surface area contributed by atoms with Crippen molar-refractivity contribution in [3.63, 3.8) is 0 Å². The minimum Gasteiger partial charge on any atom is -0.465 e. The van der Waals surface area contributed by atoms with E-state index >= 15 is 0 Å². The zero-order valence-electron chi connectivity index (χ0n) is 13.0. The molecule has 1 N–H and O–H groups in total. The number of aromatic nitrogens is 3. The summed E-state index contributed by atoms with van der Waals surface area (Å²) in [4.78, 5) is 28.0. The second-order valence-electron chi connectivity index (χ2n) is 5.69. The summed E-state index contributed by atoms with van der Waals surface area (Å²) < 4.78 is 0. The molecule has 23 heavy (non-hydrogen) atoms. The van der Waals surface area contributed by atoms with E-state index in [1.165, 1.54) is 4.90 Å². The number of halogens is 1. The van der Waals surface area contributed by atoms with E-state index in [-0.39, 0.29) is 17.4 Å². The Bertz CT molecular complexity index is 741. The van der Waals surface area contributed by atoms with Gasteiger partial charge in [-0.2, -0.15) is 4.98 Å². The molecule has 0 saturated carbocycles. The molecule has 0 spiro atoms. The molecule has 3 heterocycles. The molecule has 0 aromatic carbocycles. The summed E-state index contributed by atoms with van der Waals surface area (Å²) in [6.07, 6.45) is 1.55. The van der Waals surface area contributed by atoms with Crippen LogP contribution in [-0.2, 0) is 0 Å². The molecule has 2 aromatic rings. The molecule has 1 fully saturated rings. The zero-order chi connectivity index (χ0) is 16.6. The number of hydrogen-bond acceptors (Lipinski definition) is 5. The van der Waals surface area contributed by atoms with Crippen molar-refractivity contribution in [2.24, 2.45) is 0 Å². The third-order valence-corrected chi connectivity index (χ3v) is 4.41. The Kier molecular flexibility index (Phi) is 4.21. The first-order valence-electron chi connectivity index (χ1n) is 7.55. The molecule has 1 amide bonds. The van der Waals surface area contributed by atoms with Crippen LogP contribution in [0.15, 0.2) is 18.3 Å². The number of amides is 1. The van der Waals surface area contributed by atoms with Gasteiger partial charge in [0.15, 0.2) is 5.82 Å². The summed E-state index contributed by atoms with van der Waals surface area (Å²) in [5, 5.41) is 9.55. The van der Waals surface area contributed by atoms with Crippen molar-refractivity contribution in [1.82, 2.24) is 19.9 Å². The van der Waals surface area contributed by atoms with Crippen LogP contribution in [0, 0.1) is 0 Å². The highest BCUT2D eigenvalue weighted by Crippen LogP contribution is 2.28. The van der Waals surface area contributed by atoms with Crippen LogP contribution in [0.1, 0.15) is 20.3 Å². The van der Waals surface area contributed by atoms with Crippen LogP contribution in [0.4, 0.5) is 10.6 Å². The van der Waals surface area contributed by atoms with Gasteiger partial charge in [0.1, 0.15) is 5.52 Å². The van der Waals surface area contributed by atoms with Crippen molar-refractivity contribution in [2.45, 2.75) is 32.4 Å². The second kappa shape index (κ2) is 6.16. The molecule has 7 nitrogen and oxygen atoms in total. The molecule has 0 aliphatic carbocycles.